The molecule has 12 heteroatoms. The van der Waals surface area contributed by atoms with Gasteiger partial charge < -0.3 is 19.7 Å². The molecule has 1 fully saturated rings. The van der Waals surface area contributed by atoms with Gasteiger partial charge in [0.1, 0.15) is 5.75 Å². The van der Waals surface area contributed by atoms with Crippen molar-refractivity contribution < 1.29 is 29.3 Å². The van der Waals surface area contributed by atoms with Gasteiger partial charge in [0.15, 0.2) is 6.29 Å². The van der Waals surface area contributed by atoms with Gasteiger partial charge in [-0.3, -0.25) is 14.5 Å². The Morgan fingerprint density at radius 1 is 0.804 bits per heavy atom. The van der Waals surface area contributed by atoms with Gasteiger partial charge in [-0.2, -0.15) is 4.68 Å². The van der Waals surface area contributed by atoms with E-state index in [-0.39, 0.29) is 42.9 Å². The average molecular weight is 636 g/mol. The molecule has 3 heterocycles. The van der Waals surface area contributed by atoms with Gasteiger partial charge in [-0.05, 0) is 63.5 Å². The number of carbonyl (C=O) groups is 2. The molecule has 0 bridgehead atoms. The monoisotopic (exact) mass is 635 g/mol. The molecule has 1 saturated heterocycles. The second-order valence-corrected chi connectivity index (χ2v) is 12.0. The summed E-state index contributed by atoms with van der Waals surface area (Å²) in [7, 11) is 0. The maximum atomic E-state index is 12.9. The number of hydrogen-bond donors (Lipinski definition) is 2. The van der Waals surface area contributed by atoms with Crippen LogP contribution in [0.2, 0.25) is 0 Å². The Bertz CT molecular complexity index is 1830. The number of imide groups is 1. The number of nitrogens with zero attached hydrogens (tertiary/aromatic N) is 5. The van der Waals surface area contributed by atoms with E-state index in [1.165, 1.54) is 16.7 Å². The molecule has 2 aliphatic heterocycles. The van der Waals surface area contributed by atoms with Crippen LogP contribution in [0.4, 0.5) is 0 Å². The molecule has 4 aromatic carbocycles. The van der Waals surface area contributed by atoms with Crippen molar-refractivity contribution in [1.82, 2.24) is 25.1 Å². The quantitative estimate of drug-likeness (QED) is 0.168. The molecule has 7 rings (SSSR count). The Morgan fingerprint density at radius 3 is 2.13 bits per heavy atom. The molecule has 0 unspecified atom stereocenters. The normalized spacial score (nSPS) is 19.4. The molecule has 46 heavy (non-hydrogen) atoms. The SMILES string of the molecule is O=C1c2ccccc2C(=O)N1Cc1ccc([C@@H]2O[C@H](CSc3nnnn3-c3ccc(O)cc3)C[C@H](c3ccc(CO)cc3)O2)cc1. The van der Waals surface area contributed by atoms with Crippen LogP contribution in [-0.2, 0) is 22.6 Å². The lowest BCUT2D eigenvalue weighted by molar-refractivity contribution is -0.245. The van der Waals surface area contributed by atoms with Crippen LogP contribution >= 0.6 is 11.8 Å². The van der Waals surface area contributed by atoms with Crippen molar-refractivity contribution >= 4 is 23.6 Å². The second kappa shape index (κ2) is 12.9. The molecule has 3 atom stereocenters. The Hall–Kier alpha value is -4.88. The summed E-state index contributed by atoms with van der Waals surface area (Å²) in [6, 6.07) is 28.7. The standard InChI is InChI=1S/C34H29N5O6S/c40-19-22-7-9-23(10-8-22)30-17-27(20-46-34-35-36-37-39(34)25-13-15-26(41)16-14-25)44-33(45-30)24-11-5-21(6-12-24)18-38-31(42)28-3-1-2-4-29(28)32(38)43/h1-16,27,30,33,40-41H,17-20H2/t27-,30+,33+/m0/s1. The summed E-state index contributed by atoms with van der Waals surface area (Å²) in [6.07, 6.45) is -0.596. The van der Waals surface area contributed by atoms with Crippen molar-refractivity contribution in [3.05, 3.63) is 130 Å². The Balaban J connectivity index is 1.08. The highest BCUT2D eigenvalue weighted by Crippen LogP contribution is 2.39. The number of aliphatic hydroxyl groups excluding tert-OH is 1. The summed E-state index contributed by atoms with van der Waals surface area (Å²) >= 11 is 1.46. The molecule has 2 N–H and O–H groups in total. The molecule has 0 saturated carbocycles. The predicted octanol–water partition coefficient (Wildman–Crippen LogP) is 4.99. The van der Waals surface area contributed by atoms with E-state index in [0.717, 1.165) is 27.9 Å². The maximum Gasteiger partial charge on any atom is 0.261 e. The van der Waals surface area contributed by atoms with E-state index in [1.807, 2.05) is 48.5 Å². The summed E-state index contributed by atoms with van der Waals surface area (Å²) in [4.78, 5) is 27.0. The van der Waals surface area contributed by atoms with Crippen molar-refractivity contribution in [2.75, 3.05) is 5.75 Å². The number of benzene rings is 4. The van der Waals surface area contributed by atoms with Crippen molar-refractivity contribution in [2.45, 2.75) is 43.2 Å². The summed E-state index contributed by atoms with van der Waals surface area (Å²) in [5, 5.41) is 31.9. The topological polar surface area (TPSA) is 140 Å². The fraction of sp³-hybridized carbons (Fsp3) is 0.206. The van der Waals surface area contributed by atoms with Crippen molar-refractivity contribution in [2.24, 2.45) is 0 Å². The number of amides is 2. The van der Waals surface area contributed by atoms with Crippen LogP contribution in [-0.4, -0.2) is 59.0 Å². The highest BCUT2D eigenvalue weighted by Gasteiger charge is 2.36. The Kier molecular flexibility index (Phi) is 8.33. The zero-order chi connectivity index (χ0) is 31.6. The Morgan fingerprint density at radius 2 is 1.46 bits per heavy atom. The highest BCUT2D eigenvalue weighted by molar-refractivity contribution is 7.99. The first-order valence-corrected chi connectivity index (χ1v) is 15.7. The molecule has 1 aromatic heterocycles. The number of ether oxygens (including phenoxy) is 2. The van der Waals surface area contributed by atoms with Gasteiger partial charge in [-0.1, -0.05) is 72.4 Å². The second-order valence-electron chi connectivity index (χ2n) is 11.0. The smallest absolute Gasteiger partial charge is 0.261 e. The third-order valence-electron chi connectivity index (χ3n) is 8.02. The first kappa shape index (κ1) is 29.8. The number of tetrazole rings is 1. The number of aromatic hydroxyl groups is 1. The van der Waals surface area contributed by atoms with E-state index in [4.69, 9.17) is 9.47 Å². The first-order chi connectivity index (χ1) is 22.5. The van der Waals surface area contributed by atoms with Gasteiger partial charge in [0.25, 0.3) is 11.8 Å². The van der Waals surface area contributed by atoms with Crippen LogP contribution in [0, 0.1) is 0 Å². The van der Waals surface area contributed by atoms with Gasteiger partial charge in [0.05, 0.1) is 42.2 Å². The summed E-state index contributed by atoms with van der Waals surface area (Å²) in [5.74, 6) is 0.106. The number of thioether (sulfide) groups is 1. The zero-order valence-electron chi connectivity index (χ0n) is 24.5. The van der Waals surface area contributed by atoms with E-state index in [0.29, 0.717) is 28.5 Å². The van der Waals surface area contributed by atoms with Crippen LogP contribution in [0.5, 0.6) is 5.75 Å². The number of hydrogen-bond acceptors (Lipinski definition) is 10. The van der Waals surface area contributed by atoms with E-state index in [1.54, 1.807) is 53.2 Å². The molecule has 2 aliphatic rings. The lowest BCUT2D eigenvalue weighted by atomic mass is 10.0. The minimum atomic E-state index is -0.677. The number of carbonyl (C=O) groups excluding carboxylic acids is 2. The molecule has 0 aliphatic carbocycles. The third kappa shape index (κ3) is 6.03. The summed E-state index contributed by atoms with van der Waals surface area (Å²) in [6.45, 7) is 0.119. The molecule has 2 amide bonds. The van der Waals surface area contributed by atoms with Crippen molar-refractivity contribution in [3.63, 3.8) is 0 Å². The molecular weight excluding hydrogens is 606 g/mol. The Labute approximate surface area is 268 Å². The maximum absolute atomic E-state index is 12.9. The largest absolute Gasteiger partial charge is 0.508 e. The fourth-order valence-electron chi connectivity index (χ4n) is 5.56. The van der Waals surface area contributed by atoms with E-state index in [2.05, 4.69) is 15.5 Å². The number of rotatable bonds is 9. The highest BCUT2D eigenvalue weighted by atomic mass is 32.2. The van der Waals surface area contributed by atoms with Crippen molar-refractivity contribution in [1.29, 1.82) is 0 Å². The van der Waals surface area contributed by atoms with Crippen LogP contribution < -0.4 is 0 Å². The molecule has 11 nitrogen and oxygen atoms in total. The lowest BCUT2D eigenvalue weighted by Gasteiger charge is -2.36. The molecule has 0 radical (unpaired) electrons. The molecule has 232 valence electrons. The number of phenols is 1. The van der Waals surface area contributed by atoms with Crippen LogP contribution in [0.1, 0.15) is 61.8 Å². The molecular formula is C34H29N5O6S. The van der Waals surface area contributed by atoms with Gasteiger partial charge in [-0.25, -0.2) is 0 Å². The number of aliphatic hydroxyl groups is 1. The zero-order valence-corrected chi connectivity index (χ0v) is 25.3. The van der Waals surface area contributed by atoms with E-state index < -0.39 is 6.29 Å². The van der Waals surface area contributed by atoms with Gasteiger partial charge in [0, 0.05) is 17.7 Å². The number of phenolic OH excluding ortho intramolecular Hbond substituents is 1. The predicted molar refractivity (Wildman–Crippen MR) is 167 cm³/mol. The number of aromatic nitrogens is 4. The van der Waals surface area contributed by atoms with Crippen LogP contribution in [0.25, 0.3) is 5.69 Å². The first-order valence-electron chi connectivity index (χ1n) is 14.7. The summed E-state index contributed by atoms with van der Waals surface area (Å²) in [5.41, 5.74) is 4.95. The molecule has 5 aromatic rings. The number of fused-ring (bicyclic) bond motifs is 1. The average Bonchev–Trinajstić information content (AvgIpc) is 3.67. The third-order valence-corrected chi connectivity index (χ3v) is 9.07. The lowest BCUT2D eigenvalue weighted by Crippen LogP contribution is -2.31. The van der Waals surface area contributed by atoms with E-state index >= 15 is 0 Å². The molecule has 0 spiro atoms. The van der Waals surface area contributed by atoms with Crippen LogP contribution in [0.15, 0.2) is 102 Å². The minimum absolute atomic E-state index is 0.0420. The summed E-state index contributed by atoms with van der Waals surface area (Å²) < 4.78 is 14.5. The van der Waals surface area contributed by atoms with Crippen LogP contribution in [0.3, 0.4) is 0 Å². The minimum Gasteiger partial charge on any atom is -0.508 e. The fourth-order valence-corrected chi connectivity index (χ4v) is 6.47. The van der Waals surface area contributed by atoms with Crippen molar-refractivity contribution in [3.8, 4) is 11.4 Å². The van der Waals surface area contributed by atoms with Gasteiger partial charge in [0.2, 0.25) is 5.16 Å². The van der Waals surface area contributed by atoms with Gasteiger partial charge >= 0.3 is 0 Å². The van der Waals surface area contributed by atoms with Gasteiger partial charge in [-0.15, -0.1) is 5.10 Å². The van der Waals surface area contributed by atoms with E-state index in [9.17, 15) is 19.8 Å².